The molecule has 1 saturated heterocycles. The third-order valence-corrected chi connectivity index (χ3v) is 4.97. The van der Waals surface area contributed by atoms with Gasteiger partial charge in [0, 0.05) is 9.75 Å². The van der Waals surface area contributed by atoms with E-state index in [2.05, 4.69) is 5.32 Å². The van der Waals surface area contributed by atoms with Crippen LogP contribution >= 0.6 is 11.3 Å². The average molecular weight is 348 g/mol. The van der Waals surface area contributed by atoms with Crippen LogP contribution in [0.4, 0.5) is 13.2 Å². The third kappa shape index (κ3) is 4.04. The Kier molecular flexibility index (Phi) is 5.03. The first-order chi connectivity index (χ1) is 10.6. The number of amides is 2. The Hall–Kier alpha value is -1.57. The van der Waals surface area contributed by atoms with Gasteiger partial charge < -0.3 is 10.6 Å². The minimum Gasteiger partial charge on any atom is -0.349 e. The summed E-state index contributed by atoms with van der Waals surface area (Å²) >= 11 is 1.61. The molecule has 1 aromatic heterocycles. The third-order valence-electron chi connectivity index (χ3n) is 3.99. The highest BCUT2D eigenvalue weighted by Crippen LogP contribution is 2.30. The fourth-order valence-electron chi connectivity index (χ4n) is 2.78. The van der Waals surface area contributed by atoms with E-state index in [1.54, 1.807) is 18.3 Å². The van der Waals surface area contributed by atoms with Crippen molar-refractivity contribution >= 4 is 23.2 Å². The molecule has 2 N–H and O–H groups in total. The van der Waals surface area contributed by atoms with E-state index in [0.717, 1.165) is 15.3 Å². The van der Waals surface area contributed by atoms with Gasteiger partial charge in [0.25, 0.3) is 0 Å². The van der Waals surface area contributed by atoms with E-state index in [4.69, 9.17) is 0 Å². The van der Waals surface area contributed by atoms with Crippen molar-refractivity contribution in [1.82, 2.24) is 10.6 Å². The second-order valence-electron chi connectivity index (χ2n) is 5.83. The van der Waals surface area contributed by atoms with Crippen LogP contribution in [0.25, 0.3) is 0 Å². The molecular formula is C15H19F3N2O2S. The van der Waals surface area contributed by atoms with Crippen LogP contribution in [0.15, 0.2) is 6.07 Å². The molecule has 0 unspecified atom stereocenters. The van der Waals surface area contributed by atoms with Gasteiger partial charge in [0.2, 0.25) is 11.8 Å². The SMILES string of the molecule is Cc1cc([C@H](C)NC(=O)[C@H]2CC[C@@H](C(F)(F)F)NC2=O)c(C)s1. The Morgan fingerprint density at radius 2 is 2.04 bits per heavy atom. The van der Waals surface area contributed by atoms with Crippen LogP contribution in [0.1, 0.15) is 41.1 Å². The molecule has 0 aromatic carbocycles. The second-order valence-corrected chi connectivity index (χ2v) is 7.29. The summed E-state index contributed by atoms with van der Waals surface area (Å²) in [7, 11) is 0. The molecule has 23 heavy (non-hydrogen) atoms. The van der Waals surface area contributed by atoms with Gasteiger partial charge >= 0.3 is 6.18 Å². The largest absolute Gasteiger partial charge is 0.408 e. The van der Waals surface area contributed by atoms with E-state index in [-0.39, 0.29) is 18.9 Å². The first kappa shape index (κ1) is 17.8. The maximum Gasteiger partial charge on any atom is 0.408 e. The quantitative estimate of drug-likeness (QED) is 0.825. The van der Waals surface area contributed by atoms with Crippen LogP contribution in [0, 0.1) is 19.8 Å². The van der Waals surface area contributed by atoms with Crippen molar-refractivity contribution in [2.45, 2.75) is 51.9 Å². The van der Waals surface area contributed by atoms with Crippen molar-refractivity contribution in [1.29, 1.82) is 0 Å². The predicted octanol–water partition coefficient (Wildman–Crippen LogP) is 3.00. The molecule has 3 atom stereocenters. The predicted molar refractivity (Wildman–Crippen MR) is 81.1 cm³/mol. The lowest BCUT2D eigenvalue weighted by molar-refractivity contribution is -0.171. The highest BCUT2D eigenvalue weighted by Gasteiger charge is 2.46. The highest BCUT2D eigenvalue weighted by atomic mass is 32.1. The van der Waals surface area contributed by atoms with Gasteiger partial charge in [-0.3, -0.25) is 9.59 Å². The van der Waals surface area contributed by atoms with Gasteiger partial charge in [-0.1, -0.05) is 0 Å². The Labute approximate surface area is 136 Å². The lowest BCUT2D eigenvalue weighted by Gasteiger charge is -2.30. The van der Waals surface area contributed by atoms with Crippen LogP contribution in [-0.2, 0) is 9.59 Å². The molecule has 2 rings (SSSR count). The minimum atomic E-state index is -4.48. The van der Waals surface area contributed by atoms with Crippen LogP contribution in [0.5, 0.6) is 0 Å². The maximum atomic E-state index is 12.6. The molecule has 1 aliphatic rings. The summed E-state index contributed by atoms with van der Waals surface area (Å²) in [5.41, 5.74) is 0.963. The first-order valence-corrected chi connectivity index (χ1v) is 8.15. The normalized spacial score (nSPS) is 23.3. The molecule has 1 aromatic rings. The van der Waals surface area contributed by atoms with E-state index in [9.17, 15) is 22.8 Å². The van der Waals surface area contributed by atoms with Gasteiger partial charge in [0.15, 0.2) is 0 Å². The van der Waals surface area contributed by atoms with E-state index in [0.29, 0.717) is 0 Å². The van der Waals surface area contributed by atoms with Crippen molar-refractivity contribution in [2.75, 3.05) is 0 Å². The molecule has 2 heterocycles. The standard InChI is InChI=1S/C15H19F3N2O2S/c1-7-6-11(9(3)23-7)8(2)19-13(21)10-4-5-12(15(16,17)18)20-14(10)22/h6,8,10,12H,4-5H2,1-3H3,(H,19,21)(H,20,22)/t8-,10+,12-/m0/s1. The van der Waals surface area contributed by atoms with Crippen LogP contribution in [0.2, 0.25) is 0 Å². The number of rotatable bonds is 3. The number of alkyl halides is 3. The lowest BCUT2D eigenvalue weighted by atomic mass is 9.92. The minimum absolute atomic E-state index is 0.101. The van der Waals surface area contributed by atoms with Crippen LogP contribution in [0.3, 0.4) is 0 Å². The fraction of sp³-hybridized carbons (Fsp3) is 0.600. The first-order valence-electron chi connectivity index (χ1n) is 7.34. The van der Waals surface area contributed by atoms with Crippen molar-refractivity contribution < 1.29 is 22.8 Å². The van der Waals surface area contributed by atoms with Gasteiger partial charge in [0.05, 0.1) is 6.04 Å². The molecule has 0 radical (unpaired) electrons. The number of piperidine rings is 1. The number of hydrogen-bond donors (Lipinski definition) is 2. The monoisotopic (exact) mass is 348 g/mol. The van der Waals surface area contributed by atoms with Crippen molar-refractivity contribution in [2.24, 2.45) is 5.92 Å². The molecule has 0 bridgehead atoms. The van der Waals surface area contributed by atoms with Crippen molar-refractivity contribution in [3.05, 3.63) is 21.4 Å². The molecule has 0 saturated carbocycles. The number of nitrogens with one attached hydrogen (secondary N) is 2. The van der Waals surface area contributed by atoms with Gasteiger partial charge in [-0.25, -0.2) is 0 Å². The van der Waals surface area contributed by atoms with Gasteiger partial charge in [-0.2, -0.15) is 13.2 Å². The van der Waals surface area contributed by atoms with E-state index < -0.39 is 30.0 Å². The summed E-state index contributed by atoms with van der Waals surface area (Å²) in [5.74, 6) is -2.46. The maximum absolute atomic E-state index is 12.6. The average Bonchev–Trinajstić information content (AvgIpc) is 2.76. The Morgan fingerprint density at radius 1 is 1.39 bits per heavy atom. The molecule has 0 aliphatic carbocycles. The Balaban J connectivity index is 1.99. The molecule has 1 fully saturated rings. The topological polar surface area (TPSA) is 58.2 Å². The van der Waals surface area contributed by atoms with Crippen molar-refractivity contribution in [3.63, 3.8) is 0 Å². The number of thiophene rings is 1. The van der Waals surface area contributed by atoms with Crippen LogP contribution in [-0.4, -0.2) is 24.0 Å². The number of carbonyl (C=O) groups excluding carboxylic acids is 2. The molecule has 8 heteroatoms. The Bertz CT molecular complexity index is 612. The lowest BCUT2D eigenvalue weighted by Crippen LogP contribution is -2.54. The van der Waals surface area contributed by atoms with Crippen molar-refractivity contribution in [3.8, 4) is 0 Å². The fourth-order valence-corrected chi connectivity index (χ4v) is 3.80. The number of carbonyl (C=O) groups is 2. The molecule has 0 spiro atoms. The van der Waals surface area contributed by atoms with Gasteiger partial charge in [-0.15, -0.1) is 11.3 Å². The zero-order valence-corrected chi connectivity index (χ0v) is 13.9. The number of aryl methyl sites for hydroxylation is 2. The smallest absolute Gasteiger partial charge is 0.349 e. The van der Waals surface area contributed by atoms with Crippen LogP contribution < -0.4 is 10.6 Å². The van der Waals surface area contributed by atoms with E-state index >= 15 is 0 Å². The second kappa shape index (κ2) is 6.51. The zero-order chi connectivity index (χ0) is 17.4. The number of hydrogen-bond acceptors (Lipinski definition) is 3. The van der Waals surface area contributed by atoms with E-state index in [1.807, 2.05) is 25.2 Å². The Morgan fingerprint density at radius 3 is 2.52 bits per heavy atom. The summed E-state index contributed by atoms with van der Waals surface area (Å²) < 4.78 is 37.8. The molecule has 2 amide bonds. The highest BCUT2D eigenvalue weighted by molar-refractivity contribution is 7.12. The molecular weight excluding hydrogens is 329 g/mol. The molecule has 1 aliphatic heterocycles. The molecule has 128 valence electrons. The summed E-state index contributed by atoms with van der Waals surface area (Å²) in [6.07, 6.45) is -4.86. The number of halogens is 3. The van der Waals surface area contributed by atoms with E-state index in [1.165, 1.54) is 0 Å². The summed E-state index contributed by atoms with van der Waals surface area (Å²) in [6, 6.07) is -0.190. The molecule has 4 nitrogen and oxygen atoms in total. The summed E-state index contributed by atoms with van der Waals surface area (Å²) in [5, 5.41) is 4.62. The zero-order valence-electron chi connectivity index (χ0n) is 13.1. The van der Waals surface area contributed by atoms with Gasteiger partial charge in [-0.05, 0) is 45.2 Å². The van der Waals surface area contributed by atoms with Gasteiger partial charge in [0.1, 0.15) is 12.0 Å². The summed E-state index contributed by atoms with van der Waals surface area (Å²) in [6.45, 7) is 5.70. The summed E-state index contributed by atoms with van der Waals surface area (Å²) in [4.78, 5) is 26.2.